The van der Waals surface area contributed by atoms with E-state index in [1.165, 1.54) is 0 Å². The van der Waals surface area contributed by atoms with Crippen LogP contribution in [0.2, 0.25) is 0 Å². The summed E-state index contributed by atoms with van der Waals surface area (Å²) in [5, 5.41) is 0. The molecule has 3 nitrogen and oxygen atoms in total. The molecule has 1 aliphatic rings. The highest BCUT2D eigenvalue weighted by Crippen LogP contribution is 2.31. The van der Waals surface area contributed by atoms with Crippen LogP contribution in [0.5, 0.6) is 11.5 Å². The van der Waals surface area contributed by atoms with Gasteiger partial charge in [-0.25, -0.2) is 0 Å². The lowest BCUT2D eigenvalue weighted by molar-refractivity contribution is -0.0442. The van der Waals surface area contributed by atoms with E-state index in [0.29, 0.717) is 13.2 Å². The Labute approximate surface area is 119 Å². The number of hydrogen-bond donors (Lipinski definition) is 0. The topological polar surface area (TPSA) is 27.7 Å². The minimum absolute atomic E-state index is 0.267. The minimum Gasteiger partial charge on any atom is -0.457 e. The zero-order chi connectivity index (χ0) is 13.9. The SMILES string of the molecule is Cc1cccc(C)c1Oc1cccc(C2OCCO2)c1. The molecule has 104 valence electrons. The Hall–Kier alpha value is -1.84. The second-order valence-corrected chi connectivity index (χ2v) is 4.97. The van der Waals surface area contributed by atoms with Crippen molar-refractivity contribution in [2.45, 2.75) is 20.1 Å². The van der Waals surface area contributed by atoms with E-state index in [4.69, 9.17) is 14.2 Å². The van der Waals surface area contributed by atoms with Gasteiger partial charge in [0.1, 0.15) is 11.5 Å². The van der Waals surface area contributed by atoms with Gasteiger partial charge >= 0.3 is 0 Å². The number of para-hydroxylation sites is 1. The minimum atomic E-state index is -0.267. The Balaban J connectivity index is 1.85. The molecule has 1 saturated heterocycles. The van der Waals surface area contributed by atoms with E-state index in [9.17, 15) is 0 Å². The molecule has 0 unspecified atom stereocenters. The van der Waals surface area contributed by atoms with Crippen molar-refractivity contribution in [2.75, 3.05) is 13.2 Å². The predicted octanol–water partition coefficient (Wildman–Crippen LogP) is 4.14. The van der Waals surface area contributed by atoms with Crippen LogP contribution in [0.1, 0.15) is 23.0 Å². The maximum atomic E-state index is 6.03. The van der Waals surface area contributed by atoms with Crippen LogP contribution in [0.3, 0.4) is 0 Å². The Morgan fingerprint density at radius 2 is 1.60 bits per heavy atom. The highest BCUT2D eigenvalue weighted by molar-refractivity contribution is 5.43. The third-order valence-corrected chi connectivity index (χ3v) is 3.38. The first kappa shape index (κ1) is 13.2. The second-order valence-electron chi connectivity index (χ2n) is 4.97. The first-order valence-electron chi connectivity index (χ1n) is 6.81. The van der Waals surface area contributed by atoms with E-state index < -0.39 is 0 Å². The molecule has 1 heterocycles. The van der Waals surface area contributed by atoms with Gasteiger partial charge in [0, 0.05) is 5.56 Å². The normalized spacial score (nSPS) is 15.5. The second kappa shape index (κ2) is 5.65. The summed E-state index contributed by atoms with van der Waals surface area (Å²) < 4.78 is 17.1. The summed E-state index contributed by atoms with van der Waals surface area (Å²) in [6.07, 6.45) is -0.267. The highest BCUT2D eigenvalue weighted by atomic mass is 16.7. The number of ether oxygens (including phenoxy) is 3. The van der Waals surface area contributed by atoms with Crippen LogP contribution >= 0.6 is 0 Å². The highest BCUT2D eigenvalue weighted by Gasteiger charge is 2.18. The Morgan fingerprint density at radius 1 is 0.950 bits per heavy atom. The van der Waals surface area contributed by atoms with Gasteiger partial charge in [0.15, 0.2) is 6.29 Å². The third kappa shape index (κ3) is 2.69. The van der Waals surface area contributed by atoms with Crippen LogP contribution in [0.4, 0.5) is 0 Å². The van der Waals surface area contributed by atoms with Gasteiger partial charge < -0.3 is 14.2 Å². The van der Waals surface area contributed by atoms with E-state index >= 15 is 0 Å². The van der Waals surface area contributed by atoms with Crippen molar-refractivity contribution < 1.29 is 14.2 Å². The van der Waals surface area contributed by atoms with Crippen molar-refractivity contribution in [3.05, 3.63) is 59.2 Å². The molecule has 0 radical (unpaired) electrons. The van der Waals surface area contributed by atoms with Crippen molar-refractivity contribution in [3.8, 4) is 11.5 Å². The molecular formula is C17H18O3. The fourth-order valence-corrected chi connectivity index (χ4v) is 2.35. The third-order valence-electron chi connectivity index (χ3n) is 3.38. The number of aryl methyl sites for hydroxylation is 2. The molecule has 3 heteroatoms. The molecule has 2 aromatic rings. The first-order chi connectivity index (χ1) is 9.74. The maximum Gasteiger partial charge on any atom is 0.184 e. The number of benzene rings is 2. The van der Waals surface area contributed by atoms with Gasteiger partial charge in [0.25, 0.3) is 0 Å². The van der Waals surface area contributed by atoms with Crippen LogP contribution in [-0.2, 0) is 9.47 Å². The number of hydrogen-bond acceptors (Lipinski definition) is 3. The molecule has 0 aliphatic carbocycles. The smallest absolute Gasteiger partial charge is 0.184 e. The zero-order valence-corrected chi connectivity index (χ0v) is 11.8. The first-order valence-corrected chi connectivity index (χ1v) is 6.81. The zero-order valence-electron chi connectivity index (χ0n) is 11.8. The lowest BCUT2D eigenvalue weighted by atomic mass is 10.1. The summed E-state index contributed by atoms with van der Waals surface area (Å²) in [5.74, 6) is 1.72. The van der Waals surface area contributed by atoms with Crippen LogP contribution in [0, 0.1) is 13.8 Å². The molecule has 0 atom stereocenters. The quantitative estimate of drug-likeness (QED) is 0.839. The monoisotopic (exact) mass is 270 g/mol. The fourth-order valence-electron chi connectivity index (χ4n) is 2.35. The van der Waals surface area contributed by atoms with Gasteiger partial charge in [0.05, 0.1) is 13.2 Å². The lowest BCUT2D eigenvalue weighted by Gasteiger charge is -2.14. The fraction of sp³-hybridized carbons (Fsp3) is 0.294. The summed E-state index contributed by atoms with van der Waals surface area (Å²) in [6, 6.07) is 14.0. The van der Waals surface area contributed by atoms with Gasteiger partial charge in [-0.15, -0.1) is 0 Å². The standard InChI is InChI=1S/C17H18O3/c1-12-5-3-6-13(2)16(12)20-15-8-4-7-14(11-15)17-18-9-10-19-17/h3-8,11,17H,9-10H2,1-2H3. The van der Waals surface area contributed by atoms with Crippen molar-refractivity contribution in [1.82, 2.24) is 0 Å². The van der Waals surface area contributed by atoms with Gasteiger partial charge in [-0.05, 0) is 37.1 Å². The summed E-state index contributed by atoms with van der Waals surface area (Å²) in [7, 11) is 0. The molecule has 0 N–H and O–H groups in total. The van der Waals surface area contributed by atoms with Crippen molar-refractivity contribution in [3.63, 3.8) is 0 Å². The number of rotatable bonds is 3. The average molecular weight is 270 g/mol. The van der Waals surface area contributed by atoms with E-state index in [2.05, 4.69) is 26.0 Å². The van der Waals surface area contributed by atoms with E-state index in [-0.39, 0.29) is 6.29 Å². The Bertz CT molecular complexity index is 581. The molecule has 1 aliphatic heterocycles. The van der Waals surface area contributed by atoms with Gasteiger partial charge in [0.2, 0.25) is 0 Å². The van der Waals surface area contributed by atoms with Gasteiger partial charge in [-0.1, -0.05) is 30.3 Å². The molecule has 20 heavy (non-hydrogen) atoms. The van der Waals surface area contributed by atoms with Gasteiger partial charge in [-0.2, -0.15) is 0 Å². The van der Waals surface area contributed by atoms with Crippen molar-refractivity contribution in [1.29, 1.82) is 0 Å². The molecule has 1 fully saturated rings. The van der Waals surface area contributed by atoms with Crippen molar-refractivity contribution >= 4 is 0 Å². The Kier molecular flexibility index (Phi) is 3.72. The molecule has 0 spiro atoms. The van der Waals surface area contributed by atoms with Gasteiger partial charge in [-0.3, -0.25) is 0 Å². The molecule has 0 amide bonds. The lowest BCUT2D eigenvalue weighted by Crippen LogP contribution is -1.98. The molecule has 0 aromatic heterocycles. The molecular weight excluding hydrogens is 252 g/mol. The van der Waals surface area contributed by atoms with E-state index in [0.717, 1.165) is 28.2 Å². The maximum absolute atomic E-state index is 6.03. The summed E-state index contributed by atoms with van der Waals surface area (Å²) in [6.45, 7) is 5.39. The molecule has 0 saturated carbocycles. The Morgan fingerprint density at radius 3 is 2.30 bits per heavy atom. The summed E-state index contributed by atoms with van der Waals surface area (Å²) in [5.41, 5.74) is 3.25. The van der Waals surface area contributed by atoms with Crippen LogP contribution in [0.25, 0.3) is 0 Å². The summed E-state index contributed by atoms with van der Waals surface area (Å²) in [4.78, 5) is 0. The largest absolute Gasteiger partial charge is 0.457 e. The van der Waals surface area contributed by atoms with E-state index in [1.54, 1.807) is 0 Å². The summed E-state index contributed by atoms with van der Waals surface area (Å²) >= 11 is 0. The van der Waals surface area contributed by atoms with Crippen LogP contribution in [-0.4, -0.2) is 13.2 Å². The van der Waals surface area contributed by atoms with Crippen molar-refractivity contribution in [2.24, 2.45) is 0 Å². The average Bonchev–Trinajstić information content (AvgIpc) is 2.98. The van der Waals surface area contributed by atoms with Crippen LogP contribution in [0.15, 0.2) is 42.5 Å². The molecule has 2 aromatic carbocycles. The predicted molar refractivity (Wildman–Crippen MR) is 77.1 cm³/mol. The van der Waals surface area contributed by atoms with Crippen LogP contribution < -0.4 is 4.74 Å². The molecule has 3 rings (SSSR count). The molecule has 0 bridgehead atoms. The van der Waals surface area contributed by atoms with E-state index in [1.807, 2.05) is 30.3 Å².